The Hall–Kier alpha value is -1.01. The lowest BCUT2D eigenvalue weighted by atomic mass is 9.76. The maximum absolute atomic E-state index is 9.49. The molecule has 1 saturated carbocycles. The van der Waals surface area contributed by atoms with E-state index in [-0.39, 0.29) is 5.54 Å². The van der Waals surface area contributed by atoms with Crippen LogP contribution in [0.2, 0.25) is 0 Å². The van der Waals surface area contributed by atoms with Crippen LogP contribution in [0.15, 0.2) is 28.7 Å². The number of benzene rings is 1. The van der Waals surface area contributed by atoms with Gasteiger partial charge in [0.25, 0.3) is 0 Å². The zero-order valence-corrected chi connectivity index (χ0v) is 12.3. The smallest absolute Gasteiger partial charge is 0.125 e. The van der Waals surface area contributed by atoms with Gasteiger partial charge < -0.3 is 5.32 Å². The van der Waals surface area contributed by atoms with E-state index in [4.69, 9.17) is 0 Å². The third-order valence-electron chi connectivity index (χ3n) is 3.98. The summed E-state index contributed by atoms with van der Waals surface area (Å²) in [4.78, 5) is 0. The van der Waals surface area contributed by atoms with Crippen molar-refractivity contribution in [3.63, 3.8) is 0 Å². The van der Waals surface area contributed by atoms with Gasteiger partial charge in [0.2, 0.25) is 0 Å². The minimum Gasteiger partial charge on any atom is -0.367 e. The molecule has 0 heterocycles. The molecular weight excluding hydrogens is 288 g/mol. The lowest BCUT2D eigenvalue weighted by Crippen LogP contribution is -2.40. The van der Waals surface area contributed by atoms with Crippen LogP contribution in [0.3, 0.4) is 0 Å². The predicted octanol–water partition coefficient (Wildman–Crippen LogP) is 4.72. The van der Waals surface area contributed by atoms with Crippen LogP contribution in [0.4, 0.5) is 5.69 Å². The van der Waals surface area contributed by atoms with Crippen molar-refractivity contribution in [2.45, 2.75) is 44.6 Å². The molecule has 96 valence electrons. The van der Waals surface area contributed by atoms with Crippen LogP contribution in [-0.4, -0.2) is 5.54 Å². The molecule has 18 heavy (non-hydrogen) atoms. The fourth-order valence-corrected chi connectivity index (χ4v) is 2.92. The Morgan fingerprint density at radius 1 is 1.33 bits per heavy atom. The van der Waals surface area contributed by atoms with Crippen LogP contribution in [0.5, 0.6) is 0 Å². The Kier molecular flexibility index (Phi) is 4.29. The third-order valence-corrected chi connectivity index (χ3v) is 4.51. The summed E-state index contributed by atoms with van der Waals surface area (Å²) in [5, 5.41) is 12.9. The van der Waals surface area contributed by atoms with Gasteiger partial charge in [-0.05, 0) is 55.9 Å². The fraction of sp³-hybridized carbons (Fsp3) is 0.533. The number of anilines is 1. The summed E-state index contributed by atoms with van der Waals surface area (Å²) in [5.41, 5.74) is 0.675. The molecule has 1 fully saturated rings. The number of rotatable bonds is 3. The van der Waals surface area contributed by atoms with Crippen LogP contribution in [-0.2, 0) is 0 Å². The highest BCUT2D eigenvalue weighted by Crippen LogP contribution is 2.35. The van der Waals surface area contributed by atoms with Gasteiger partial charge in [0.1, 0.15) is 5.54 Å². The van der Waals surface area contributed by atoms with Gasteiger partial charge in [-0.3, -0.25) is 0 Å². The topological polar surface area (TPSA) is 35.8 Å². The minimum atomic E-state index is -0.362. The fourth-order valence-electron chi connectivity index (χ4n) is 2.65. The van der Waals surface area contributed by atoms with E-state index in [0.29, 0.717) is 0 Å². The molecule has 0 aliphatic heterocycles. The molecule has 0 amide bonds. The molecule has 1 aromatic carbocycles. The molecule has 1 aromatic rings. The molecule has 0 atom stereocenters. The van der Waals surface area contributed by atoms with Crippen LogP contribution >= 0.6 is 15.9 Å². The maximum atomic E-state index is 9.49. The molecule has 1 N–H and O–H groups in total. The number of nitrogens with one attached hydrogen (secondary N) is 1. The molecule has 1 aliphatic carbocycles. The lowest BCUT2D eigenvalue weighted by molar-refractivity contribution is 0.290. The first-order chi connectivity index (χ1) is 8.67. The Balaban J connectivity index is 2.06. The summed E-state index contributed by atoms with van der Waals surface area (Å²) < 4.78 is 1.06. The summed E-state index contributed by atoms with van der Waals surface area (Å²) >= 11 is 3.43. The number of hydrogen-bond acceptors (Lipinski definition) is 2. The average molecular weight is 307 g/mol. The van der Waals surface area contributed by atoms with E-state index in [1.165, 1.54) is 6.42 Å². The Bertz CT molecular complexity index is 425. The average Bonchev–Trinajstić information content (AvgIpc) is 2.42. The molecule has 0 unspecified atom stereocenters. The largest absolute Gasteiger partial charge is 0.367 e. The van der Waals surface area contributed by atoms with E-state index >= 15 is 0 Å². The third kappa shape index (κ3) is 3.05. The van der Waals surface area contributed by atoms with Crippen LogP contribution in [0, 0.1) is 17.2 Å². The molecule has 2 rings (SSSR count). The quantitative estimate of drug-likeness (QED) is 0.876. The zero-order valence-electron chi connectivity index (χ0n) is 10.7. The SMILES string of the molecule is CCC1CCC(C#N)(Nc2ccc(Br)cc2)CC1. The van der Waals surface area contributed by atoms with Gasteiger partial charge in [0.15, 0.2) is 0 Å². The van der Waals surface area contributed by atoms with Gasteiger partial charge in [-0.25, -0.2) is 0 Å². The van der Waals surface area contributed by atoms with Crippen LogP contribution < -0.4 is 5.32 Å². The van der Waals surface area contributed by atoms with Crippen LogP contribution in [0.1, 0.15) is 39.0 Å². The van der Waals surface area contributed by atoms with Crippen molar-refractivity contribution in [2.24, 2.45) is 5.92 Å². The van der Waals surface area contributed by atoms with Gasteiger partial charge in [0.05, 0.1) is 6.07 Å². The summed E-state index contributed by atoms with van der Waals surface area (Å²) in [5.74, 6) is 0.804. The first kappa shape index (κ1) is 13.4. The van der Waals surface area contributed by atoms with Gasteiger partial charge in [-0.2, -0.15) is 5.26 Å². The van der Waals surface area contributed by atoms with E-state index in [0.717, 1.165) is 41.8 Å². The van der Waals surface area contributed by atoms with E-state index in [2.05, 4.69) is 34.2 Å². The van der Waals surface area contributed by atoms with Gasteiger partial charge >= 0.3 is 0 Å². The molecule has 3 heteroatoms. The van der Waals surface area contributed by atoms with Gasteiger partial charge in [-0.15, -0.1) is 0 Å². The highest BCUT2D eigenvalue weighted by atomic mass is 79.9. The van der Waals surface area contributed by atoms with E-state index < -0.39 is 0 Å². The monoisotopic (exact) mass is 306 g/mol. The number of hydrogen-bond donors (Lipinski definition) is 1. The van der Waals surface area contributed by atoms with Crippen molar-refractivity contribution < 1.29 is 0 Å². The minimum absolute atomic E-state index is 0.362. The van der Waals surface area contributed by atoms with Crippen molar-refractivity contribution in [2.75, 3.05) is 5.32 Å². The Morgan fingerprint density at radius 2 is 1.94 bits per heavy atom. The van der Waals surface area contributed by atoms with Crippen molar-refractivity contribution in [1.29, 1.82) is 5.26 Å². The van der Waals surface area contributed by atoms with E-state index in [1.54, 1.807) is 0 Å². The number of nitriles is 1. The van der Waals surface area contributed by atoms with Crippen molar-refractivity contribution in [3.05, 3.63) is 28.7 Å². The van der Waals surface area contributed by atoms with Gasteiger partial charge in [0, 0.05) is 10.2 Å². The molecule has 1 aliphatic rings. The molecule has 0 saturated heterocycles. The molecule has 2 nitrogen and oxygen atoms in total. The van der Waals surface area contributed by atoms with Crippen molar-refractivity contribution in [1.82, 2.24) is 0 Å². The van der Waals surface area contributed by atoms with Crippen LogP contribution in [0.25, 0.3) is 0 Å². The van der Waals surface area contributed by atoms with Crippen molar-refractivity contribution in [3.8, 4) is 6.07 Å². The number of halogens is 1. The maximum Gasteiger partial charge on any atom is 0.125 e. The summed E-state index contributed by atoms with van der Waals surface area (Å²) in [6.07, 6.45) is 5.47. The summed E-state index contributed by atoms with van der Waals surface area (Å²) in [7, 11) is 0. The Morgan fingerprint density at radius 3 is 2.44 bits per heavy atom. The first-order valence-corrected chi connectivity index (χ1v) is 7.42. The molecule has 0 spiro atoms. The van der Waals surface area contributed by atoms with E-state index in [9.17, 15) is 5.26 Å². The first-order valence-electron chi connectivity index (χ1n) is 6.62. The second-order valence-electron chi connectivity index (χ2n) is 5.18. The summed E-state index contributed by atoms with van der Waals surface area (Å²) in [6.45, 7) is 2.24. The van der Waals surface area contributed by atoms with Gasteiger partial charge in [-0.1, -0.05) is 29.3 Å². The second kappa shape index (κ2) is 5.75. The molecular formula is C15H19BrN2. The predicted molar refractivity (Wildman–Crippen MR) is 78.4 cm³/mol. The Labute approximate surface area is 118 Å². The van der Waals surface area contributed by atoms with Crippen molar-refractivity contribution >= 4 is 21.6 Å². The molecule has 0 aromatic heterocycles. The second-order valence-corrected chi connectivity index (χ2v) is 6.09. The molecule has 0 bridgehead atoms. The lowest BCUT2D eigenvalue weighted by Gasteiger charge is -2.36. The highest BCUT2D eigenvalue weighted by Gasteiger charge is 2.34. The normalized spacial score (nSPS) is 27.5. The zero-order chi connectivity index (χ0) is 13.0. The highest BCUT2D eigenvalue weighted by molar-refractivity contribution is 9.10. The molecule has 0 radical (unpaired) electrons. The summed E-state index contributed by atoms with van der Waals surface area (Å²) in [6, 6.07) is 10.6. The van der Waals surface area contributed by atoms with E-state index in [1.807, 2.05) is 24.3 Å². The standard InChI is InChI=1S/C15H19BrN2/c1-2-12-7-9-15(11-17,10-8-12)18-14-5-3-13(16)4-6-14/h3-6,12,18H,2,7-10H2,1H3. The number of nitrogens with zero attached hydrogens (tertiary/aromatic N) is 1.